The molecular weight excluding hydrogens is 200 g/mol. The minimum absolute atomic E-state index is 0.237. The number of rotatable bonds is 4. The molecule has 0 N–H and O–H groups in total. The minimum Gasteiger partial charge on any atom is -0.374 e. The van der Waals surface area contributed by atoms with Crippen molar-refractivity contribution >= 4 is 0 Å². The Labute approximate surface area is 97.6 Å². The van der Waals surface area contributed by atoms with Gasteiger partial charge in [-0.1, -0.05) is 51.1 Å². The van der Waals surface area contributed by atoms with Crippen molar-refractivity contribution in [2.24, 2.45) is 5.41 Å². The van der Waals surface area contributed by atoms with Crippen LogP contribution in [0.5, 0.6) is 0 Å². The smallest absolute Gasteiger partial charge is 0.108 e. The molecule has 1 heterocycles. The molecule has 88 valence electrons. The van der Waals surface area contributed by atoms with Crippen LogP contribution in [0.3, 0.4) is 0 Å². The van der Waals surface area contributed by atoms with Gasteiger partial charge in [0, 0.05) is 0 Å². The fraction of sp³-hybridized carbons (Fsp3) is 0.571. The highest BCUT2D eigenvalue weighted by atomic mass is 16.6. The van der Waals surface area contributed by atoms with Crippen LogP contribution in [-0.4, -0.2) is 18.8 Å². The van der Waals surface area contributed by atoms with Gasteiger partial charge < -0.3 is 9.47 Å². The van der Waals surface area contributed by atoms with E-state index in [0.717, 1.165) is 0 Å². The summed E-state index contributed by atoms with van der Waals surface area (Å²) in [4.78, 5) is 0. The van der Waals surface area contributed by atoms with Gasteiger partial charge in [0.15, 0.2) is 0 Å². The highest BCUT2D eigenvalue weighted by Gasteiger charge is 2.47. The van der Waals surface area contributed by atoms with Gasteiger partial charge >= 0.3 is 0 Å². The molecule has 2 heteroatoms. The van der Waals surface area contributed by atoms with Crippen LogP contribution in [0.2, 0.25) is 0 Å². The Bertz CT molecular complexity index is 326. The zero-order valence-electron chi connectivity index (χ0n) is 10.3. The van der Waals surface area contributed by atoms with Gasteiger partial charge in [-0.3, -0.25) is 0 Å². The highest BCUT2D eigenvalue weighted by molar-refractivity contribution is 5.13. The summed E-state index contributed by atoms with van der Waals surface area (Å²) in [6.07, 6.45) is 0.659. The van der Waals surface area contributed by atoms with E-state index < -0.39 is 0 Å². The van der Waals surface area contributed by atoms with Crippen LogP contribution in [0.15, 0.2) is 30.3 Å². The van der Waals surface area contributed by atoms with Crippen molar-refractivity contribution in [1.82, 2.24) is 0 Å². The van der Waals surface area contributed by atoms with Gasteiger partial charge in [-0.2, -0.15) is 0 Å². The van der Waals surface area contributed by atoms with E-state index >= 15 is 0 Å². The van der Waals surface area contributed by atoms with E-state index in [9.17, 15) is 0 Å². The summed E-state index contributed by atoms with van der Waals surface area (Å²) in [6.45, 7) is 7.99. The third-order valence-corrected chi connectivity index (χ3v) is 2.83. The van der Waals surface area contributed by atoms with Crippen molar-refractivity contribution in [1.29, 1.82) is 0 Å². The number of benzene rings is 1. The largest absolute Gasteiger partial charge is 0.374 e. The Balaban J connectivity index is 1.68. The summed E-state index contributed by atoms with van der Waals surface area (Å²) < 4.78 is 11.2. The van der Waals surface area contributed by atoms with Crippen LogP contribution in [0.1, 0.15) is 26.3 Å². The zero-order chi connectivity index (χ0) is 11.6. The maximum Gasteiger partial charge on any atom is 0.108 e. The zero-order valence-corrected chi connectivity index (χ0v) is 10.3. The van der Waals surface area contributed by atoms with Gasteiger partial charge in [0.1, 0.15) is 6.10 Å². The average Bonchev–Trinajstić information content (AvgIpc) is 2.98. The fourth-order valence-electron chi connectivity index (χ4n) is 1.90. The molecule has 1 aliphatic rings. The Hall–Kier alpha value is -0.860. The Kier molecular flexibility index (Phi) is 3.31. The predicted molar refractivity (Wildman–Crippen MR) is 64.2 cm³/mol. The molecule has 0 amide bonds. The van der Waals surface area contributed by atoms with E-state index in [1.807, 2.05) is 18.2 Å². The second-order valence-electron chi connectivity index (χ2n) is 5.46. The Morgan fingerprint density at radius 1 is 1.19 bits per heavy atom. The molecule has 0 aromatic heterocycles. The van der Waals surface area contributed by atoms with E-state index in [0.29, 0.717) is 25.4 Å². The van der Waals surface area contributed by atoms with Crippen molar-refractivity contribution in [3.63, 3.8) is 0 Å². The van der Waals surface area contributed by atoms with Gasteiger partial charge in [-0.15, -0.1) is 0 Å². The Morgan fingerprint density at radius 3 is 2.44 bits per heavy atom. The number of epoxide rings is 1. The topological polar surface area (TPSA) is 21.8 Å². The van der Waals surface area contributed by atoms with Gasteiger partial charge in [0.05, 0.1) is 19.3 Å². The van der Waals surface area contributed by atoms with Gasteiger partial charge in [-0.25, -0.2) is 0 Å². The Morgan fingerprint density at radius 2 is 1.88 bits per heavy atom. The first-order valence-electron chi connectivity index (χ1n) is 5.84. The van der Waals surface area contributed by atoms with E-state index in [4.69, 9.17) is 9.47 Å². The molecule has 0 aliphatic carbocycles. The van der Waals surface area contributed by atoms with Crippen molar-refractivity contribution in [3.8, 4) is 0 Å². The normalized spacial score (nSPS) is 24.4. The molecule has 0 unspecified atom stereocenters. The van der Waals surface area contributed by atoms with Crippen molar-refractivity contribution in [3.05, 3.63) is 35.9 Å². The molecule has 2 rings (SSSR count). The molecule has 0 saturated carbocycles. The molecule has 1 aliphatic heterocycles. The van der Waals surface area contributed by atoms with Crippen LogP contribution < -0.4 is 0 Å². The summed E-state index contributed by atoms with van der Waals surface area (Å²) >= 11 is 0. The van der Waals surface area contributed by atoms with E-state index in [2.05, 4.69) is 32.9 Å². The van der Waals surface area contributed by atoms with Gasteiger partial charge in [-0.05, 0) is 11.0 Å². The summed E-state index contributed by atoms with van der Waals surface area (Å²) in [5.41, 5.74) is 1.45. The van der Waals surface area contributed by atoms with Crippen molar-refractivity contribution in [2.45, 2.75) is 39.6 Å². The summed E-state index contributed by atoms with van der Waals surface area (Å²) in [5, 5.41) is 0. The average molecular weight is 220 g/mol. The SMILES string of the molecule is CC(C)(C)[C@@H]1O[C@H]1COCc1ccccc1. The minimum atomic E-state index is 0.237. The lowest BCUT2D eigenvalue weighted by Crippen LogP contribution is -2.18. The molecule has 1 fully saturated rings. The van der Waals surface area contributed by atoms with E-state index in [1.54, 1.807) is 0 Å². The number of hydrogen-bond acceptors (Lipinski definition) is 2. The molecule has 0 spiro atoms. The van der Waals surface area contributed by atoms with E-state index in [1.165, 1.54) is 5.56 Å². The maximum absolute atomic E-state index is 5.64. The monoisotopic (exact) mass is 220 g/mol. The summed E-state index contributed by atoms with van der Waals surface area (Å²) in [6, 6.07) is 10.2. The van der Waals surface area contributed by atoms with Crippen LogP contribution in [-0.2, 0) is 16.1 Å². The van der Waals surface area contributed by atoms with Gasteiger partial charge in [0.25, 0.3) is 0 Å². The third-order valence-electron chi connectivity index (χ3n) is 2.83. The summed E-state index contributed by atoms with van der Waals surface area (Å²) in [7, 11) is 0. The highest BCUT2D eigenvalue weighted by Crippen LogP contribution is 2.38. The van der Waals surface area contributed by atoms with Crippen LogP contribution in [0.25, 0.3) is 0 Å². The molecule has 1 aromatic rings. The number of hydrogen-bond donors (Lipinski definition) is 0. The maximum atomic E-state index is 5.64. The van der Waals surface area contributed by atoms with E-state index in [-0.39, 0.29) is 5.41 Å². The lowest BCUT2D eigenvalue weighted by atomic mass is 9.90. The fourth-order valence-corrected chi connectivity index (χ4v) is 1.90. The molecule has 16 heavy (non-hydrogen) atoms. The van der Waals surface area contributed by atoms with Gasteiger partial charge in [0.2, 0.25) is 0 Å². The van der Waals surface area contributed by atoms with Crippen LogP contribution in [0.4, 0.5) is 0 Å². The van der Waals surface area contributed by atoms with Crippen LogP contribution in [0, 0.1) is 5.41 Å². The molecule has 2 atom stereocenters. The standard InChI is InChI=1S/C14H20O2/c1-14(2,3)13-12(16-13)10-15-9-11-7-5-4-6-8-11/h4-8,12-13H,9-10H2,1-3H3/t12-,13+/m0/s1. The lowest BCUT2D eigenvalue weighted by molar-refractivity contribution is 0.104. The second-order valence-corrected chi connectivity index (χ2v) is 5.46. The molecule has 1 aromatic carbocycles. The number of ether oxygens (including phenoxy) is 2. The van der Waals surface area contributed by atoms with Crippen molar-refractivity contribution < 1.29 is 9.47 Å². The molecule has 0 bridgehead atoms. The third kappa shape index (κ3) is 3.06. The molecule has 2 nitrogen and oxygen atoms in total. The first kappa shape index (κ1) is 11.6. The quantitative estimate of drug-likeness (QED) is 0.727. The first-order valence-corrected chi connectivity index (χ1v) is 5.84. The lowest BCUT2D eigenvalue weighted by Gasteiger charge is -2.14. The van der Waals surface area contributed by atoms with Crippen molar-refractivity contribution in [2.75, 3.05) is 6.61 Å². The first-order chi connectivity index (χ1) is 7.57. The molecular formula is C14H20O2. The molecule has 0 radical (unpaired) electrons. The van der Waals surface area contributed by atoms with Crippen LogP contribution >= 0.6 is 0 Å². The summed E-state index contributed by atoms with van der Waals surface area (Å²) in [5.74, 6) is 0. The second kappa shape index (κ2) is 4.56. The molecule has 1 saturated heterocycles. The predicted octanol–water partition coefficient (Wildman–Crippen LogP) is 3.02.